The molecule has 4 heteroatoms. The normalized spacial score (nSPS) is 10.7. The Morgan fingerprint density at radius 1 is 1.10 bits per heavy atom. The molecular weight excluding hydrogens is 254 g/mol. The number of benzene rings is 1. The second-order valence-electron chi connectivity index (χ2n) is 5.25. The minimum absolute atomic E-state index is 0.598. The molecule has 4 nitrogen and oxygen atoms in total. The first kappa shape index (κ1) is 16.6. The molecule has 0 fully saturated rings. The van der Waals surface area contributed by atoms with Gasteiger partial charge in [0, 0.05) is 0 Å². The number of hydrogen-bond donors (Lipinski definition) is 1. The van der Waals surface area contributed by atoms with Crippen molar-refractivity contribution in [2.24, 2.45) is 11.7 Å². The van der Waals surface area contributed by atoms with Crippen LogP contribution in [0.5, 0.6) is 17.2 Å². The van der Waals surface area contributed by atoms with Crippen LogP contribution in [0.2, 0.25) is 0 Å². The van der Waals surface area contributed by atoms with Gasteiger partial charge in [-0.05, 0) is 49.4 Å². The Bertz CT molecular complexity index is 380. The van der Waals surface area contributed by atoms with Gasteiger partial charge in [-0.2, -0.15) is 0 Å². The highest BCUT2D eigenvalue weighted by molar-refractivity contribution is 5.53. The smallest absolute Gasteiger partial charge is 0.203 e. The van der Waals surface area contributed by atoms with Crippen LogP contribution in [0.3, 0.4) is 0 Å². The van der Waals surface area contributed by atoms with Crippen molar-refractivity contribution in [3.05, 3.63) is 17.7 Å². The number of ether oxygens (including phenoxy) is 3. The van der Waals surface area contributed by atoms with Crippen LogP contribution in [-0.2, 0) is 6.42 Å². The molecule has 0 spiro atoms. The zero-order chi connectivity index (χ0) is 15.0. The van der Waals surface area contributed by atoms with Crippen LogP contribution < -0.4 is 19.9 Å². The van der Waals surface area contributed by atoms with E-state index in [1.807, 2.05) is 12.1 Å². The lowest BCUT2D eigenvalue weighted by molar-refractivity contribution is 0.263. The van der Waals surface area contributed by atoms with Crippen molar-refractivity contribution in [3.63, 3.8) is 0 Å². The monoisotopic (exact) mass is 281 g/mol. The van der Waals surface area contributed by atoms with Crippen molar-refractivity contribution in [1.82, 2.24) is 0 Å². The molecule has 2 N–H and O–H groups in total. The predicted octanol–water partition coefficient (Wildman–Crippen LogP) is 3.02. The third kappa shape index (κ3) is 4.93. The van der Waals surface area contributed by atoms with Gasteiger partial charge in [-0.3, -0.25) is 0 Å². The maximum absolute atomic E-state index is 5.85. The van der Waals surface area contributed by atoms with Gasteiger partial charge < -0.3 is 19.9 Å². The van der Waals surface area contributed by atoms with Crippen LogP contribution in [-0.4, -0.2) is 27.4 Å². The molecule has 1 aromatic rings. The fraction of sp³-hybridized carbons (Fsp3) is 0.625. The molecule has 0 saturated heterocycles. The SMILES string of the molecule is COc1cc(CCN)cc(OC)c1OCCCC(C)C. The summed E-state index contributed by atoms with van der Waals surface area (Å²) in [6.07, 6.45) is 2.96. The van der Waals surface area contributed by atoms with E-state index in [9.17, 15) is 0 Å². The maximum atomic E-state index is 5.85. The van der Waals surface area contributed by atoms with Gasteiger partial charge in [0.25, 0.3) is 0 Å². The lowest BCUT2D eigenvalue weighted by Gasteiger charge is -2.16. The van der Waals surface area contributed by atoms with E-state index in [2.05, 4.69) is 13.8 Å². The Morgan fingerprint density at radius 3 is 2.15 bits per heavy atom. The van der Waals surface area contributed by atoms with E-state index < -0.39 is 0 Å². The molecule has 114 valence electrons. The zero-order valence-electron chi connectivity index (χ0n) is 13.1. The first-order valence-corrected chi connectivity index (χ1v) is 7.20. The highest BCUT2D eigenvalue weighted by atomic mass is 16.5. The lowest BCUT2D eigenvalue weighted by atomic mass is 10.1. The van der Waals surface area contributed by atoms with E-state index in [4.69, 9.17) is 19.9 Å². The molecule has 0 aromatic heterocycles. The Kier molecular flexibility index (Phi) is 7.23. The van der Waals surface area contributed by atoms with Crippen LogP contribution >= 0.6 is 0 Å². The Morgan fingerprint density at radius 2 is 1.70 bits per heavy atom. The summed E-state index contributed by atoms with van der Waals surface area (Å²) in [5, 5.41) is 0. The summed E-state index contributed by atoms with van der Waals surface area (Å²) < 4.78 is 16.7. The molecule has 20 heavy (non-hydrogen) atoms. The van der Waals surface area contributed by atoms with Crippen LogP contribution in [0.15, 0.2) is 12.1 Å². The van der Waals surface area contributed by atoms with Gasteiger partial charge in [0.1, 0.15) is 0 Å². The third-order valence-electron chi connectivity index (χ3n) is 3.13. The summed E-state index contributed by atoms with van der Waals surface area (Å²) in [7, 11) is 3.28. The fourth-order valence-corrected chi connectivity index (χ4v) is 2.05. The van der Waals surface area contributed by atoms with Gasteiger partial charge in [-0.15, -0.1) is 0 Å². The van der Waals surface area contributed by atoms with E-state index in [-0.39, 0.29) is 0 Å². The molecule has 1 rings (SSSR count). The van der Waals surface area contributed by atoms with Crippen LogP contribution in [0.25, 0.3) is 0 Å². The van der Waals surface area contributed by atoms with Crippen molar-refractivity contribution >= 4 is 0 Å². The fourth-order valence-electron chi connectivity index (χ4n) is 2.05. The third-order valence-corrected chi connectivity index (χ3v) is 3.13. The highest BCUT2D eigenvalue weighted by Gasteiger charge is 2.14. The molecule has 0 amide bonds. The number of rotatable bonds is 9. The topological polar surface area (TPSA) is 53.7 Å². The van der Waals surface area contributed by atoms with Crippen molar-refractivity contribution < 1.29 is 14.2 Å². The molecule has 1 aromatic carbocycles. The molecule has 0 aliphatic heterocycles. The largest absolute Gasteiger partial charge is 0.493 e. The number of methoxy groups -OCH3 is 2. The van der Waals surface area contributed by atoms with Crippen molar-refractivity contribution in [1.29, 1.82) is 0 Å². The van der Waals surface area contributed by atoms with Gasteiger partial charge in [-0.25, -0.2) is 0 Å². The number of nitrogens with two attached hydrogens (primary N) is 1. The maximum Gasteiger partial charge on any atom is 0.203 e. The summed E-state index contributed by atoms with van der Waals surface area (Å²) in [6.45, 7) is 5.69. The molecule has 0 atom stereocenters. The lowest BCUT2D eigenvalue weighted by Crippen LogP contribution is -2.06. The standard InChI is InChI=1S/C16H27NO3/c1-12(2)6-5-9-20-16-14(18-3)10-13(7-8-17)11-15(16)19-4/h10-12H,5-9,17H2,1-4H3. The minimum Gasteiger partial charge on any atom is -0.493 e. The van der Waals surface area contributed by atoms with Gasteiger partial charge >= 0.3 is 0 Å². The van der Waals surface area contributed by atoms with Crippen molar-refractivity contribution in [2.45, 2.75) is 33.1 Å². The second-order valence-corrected chi connectivity index (χ2v) is 5.25. The first-order chi connectivity index (χ1) is 9.62. The highest BCUT2D eigenvalue weighted by Crippen LogP contribution is 2.38. The summed E-state index contributed by atoms with van der Waals surface area (Å²) in [4.78, 5) is 0. The first-order valence-electron chi connectivity index (χ1n) is 7.20. The van der Waals surface area contributed by atoms with E-state index in [0.29, 0.717) is 36.3 Å². The van der Waals surface area contributed by atoms with Crippen LogP contribution in [0, 0.1) is 5.92 Å². The summed E-state index contributed by atoms with van der Waals surface area (Å²) in [6, 6.07) is 3.93. The molecule has 0 aliphatic carbocycles. The summed E-state index contributed by atoms with van der Waals surface area (Å²) >= 11 is 0. The van der Waals surface area contributed by atoms with E-state index in [1.165, 1.54) is 0 Å². The van der Waals surface area contributed by atoms with Gasteiger partial charge in [0.05, 0.1) is 20.8 Å². The molecule has 0 unspecified atom stereocenters. The van der Waals surface area contributed by atoms with Gasteiger partial charge in [0.2, 0.25) is 5.75 Å². The summed E-state index contributed by atoms with van der Waals surface area (Å²) in [5.74, 6) is 2.78. The average molecular weight is 281 g/mol. The van der Waals surface area contributed by atoms with Crippen LogP contribution in [0.4, 0.5) is 0 Å². The average Bonchev–Trinajstić information content (AvgIpc) is 2.43. The van der Waals surface area contributed by atoms with E-state index in [1.54, 1.807) is 14.2 Å². The molecule has 0 bridgehead atoms. The molecule has 0 aliphatic rings. The predicted molar refractivity (Wildman–Crippen MR) is 81.9 cm³/mol. The minimum atomic E-state index is 0.598. The van der Waals surface area contributed by atoms with Gasteiger partial charge in [-0.1, -0.05) is 13.8 Å². The summed E-state index contributed by atoms with van der Waals surface area (Å²) in [5.41, 5.74) is 6.69. The van der Waals surface area contributed by atoms with Crippen LogP contribution in [0.1, 0.15) is 32.3 Å². The Balaban J connectivity index is 2.81. The molecular formula is C16H27NO3. The quantitative estimate of drug-likeness (QED) is 0.707. The Hall–Kier alpha value is -1.42. The van der Waals surface area contributed by atoms with E-state index in [0.717, 1.165) is 24.8 Å². The van der Waals surface area contributed by atoms with Crippen molar-refractivity contribution in [2.75, 3.05) is 27.4 Å². The molecule has 0 heterocycles. The Labute approximate surface area is 122 Å². The van der Waals surface area contributed by atoms with Gasteiger partial charge in [0.15, 0.2) is 11.5 Å². The molecule has 0 radical (unpaired) electrons. The second kappa shape index (κ2) is 8.69. The zero-order valence-corrected chi connectivity index (χ0v) is 13.1. The van der Waals surface area contributed by atoms with E-state index >= 15 is 0 Å². The molecule has 0 saturated carbocycles. The number of hydrogen-bond acceptors (Lipinski definition) is 4. The van der Waals surface area contributed by atoms with Crippen molar-refractivity contribution in [3.8, 4) is 17.2 Å².